The van der Waals surface area contributed by atoms with Crippen LogP contribution in [0.4, 0.5) is 9.52 Å². The van der Waals surface area contributed by atoms with Crippen LogP contribution in [0.15, 0.2) is 60.9 Å². The van der Waals surface area contributed by atoms with Crippen LogP contribution in [-0.2, 0) is 11.3 Å². The lowest BCUT2D eigenvalue weighted by molar-refractivity contribution is 0.0600. The number of carbonyl (C=O) groups is 2. The first-order valence-corrected chi connectivity index (χ1v) is 9.91. The average molecular weight is 424 g/mol. The Hall–Kier alpha value is -3.59. The van der Waals surface area contributed by atoms with Crippen molar-refractivity contribution in [3.05, 3.63) is 77.9 Å². The second kappa shape index (κ2) is 8.42. The zero-order valence-corrected chi connectivity index (χ0v) is 16.8. The molecule has 0 saturated heterocycles. The summed E-state index contributed by atoms with van der Waals surface area (Å²) in [5.41, 5.74) is 0.956. The molecule has 7 nitrogen and oxygen atoms in total. The van der Waals surface area contributed by atoms with Gasteiger partial charge in [0.2, 0.25) is 0 Å². The van der Waals surface area contributed by atoms with Crippen molar-refractivity contribution in [1.29, 1.82) is 0 Å². The maximum absolute atomic E-state index is 14.1. The third-order valence-corrected chi connectivity index (χ3v) is 5.54. The number of thiazole rings is 1. The number of aromatic nitrogens is 3. The molecule has 0 aliphatic heterocycles. The highest BCUT2D eigenvalue weighted by Crippen LogP contribution is 2.31. The zero-order valence-electron chi connectivity index (χ0n) is 16.0. The molecule has 0 N–H and O–H groups in total. The number of hydrogen-bond donors (Lipinski definition) is 0. The van der Waals surface area contributed by atoms with E-state index in [4.69, 9.17) is 4.74 Å². The number of benzene rings is 2. The summed E-state index contributed by atoms with van der Waals surface area (Å²) < 4.78 is 21.2. The van der Waals surface area contributed by atoms with Gasteiger partial charge in [0.1, 0.15) is 11.3 Å². The number of rotatable bonds is 6. The van der Waals surface area contributed by atoms with Crippen LogP contribution < -0.4 is 4.90 Å². The van der Waals surface area contributed by atoms with E-state index in [1.54, 1.807) is 47.4 Å². The summed E-state index contributed by atoms with van der Waals surface area (Å²) in [5, 5.41) is 4.55. The van der Waals surface area contributed by atoms with E-state index in [0.717, 1.165) is 0 Å². The van der Waals surface area contributed by atoms with Crippen molar-refractivity contribution in [2.24, 2.45) is 0 Å². The minimum Gasteiger partial charge on any atom is -0.465 e. The molecule has 0 aliphatic carbocycles. The summed E-state index contributed by atoms with van der Waals surface area (Å²) in [4.78, 5) is 30.8. The maximum atomic E-state index is 14.1. The Labute approximate surface area is 175 Å². The number of para-hydroxylation sites is 1. The number of fused-ring (bicyclic) bond motifs is 1. The molecule has 30 heavy (non-hydrogen) atoms. The Morgan fingerprint density at radius 3 is 2.57 bits per heavy atom. The largest absolute Gasteiger partial charge is 0.465 e. The van der Waals surface area contributed by atoms with Crippen molar-refractivity contribution >= 4 is 38.6 Å². The predicted molar refractivity (Wildman–Crippen MR) is 111 cm³/mol. The number of methoxy groups -OCH3 is 1. The third-order valence-electron chi connectivity index (χ3n) is 4.50. The van der Waals surface area contributed by atoms with Gasteiger partial charge in [-0.15, -0.1) is 0 Å². The first-order chi connectivity index (χ1) is 14.6. The summed E-state index contributed by atoms with van der Waals surface area (Å²) in [5.74, 6) is -1.22. The van der Waals surface area contributed by atoms with Gasteiger partial charge in [-0.1, -0.05) is 17.4 Å². The fourth-order valence-corrected chi connectivity index (χ4v) is 3.96. The molecule has 9 heteroatoms. The number of halogens is 1. The molecular weight excluding hydrogens is 407 g/mol. The summed E-state index contributed by atoms with van der Waals surface area (Å²) in [6.45, 7) is 0.734. The molecule has 0 spiro atoms. The molecular formula is C21H17FN4O3S. The Morgan fingerprint density at radius 2 is 1.90 bits per heavy atom. The number of nitrogens with zero attached hydrogens (tertiary/aromatic N) is 4. The Bertz CT molecular complexity index is 1190. The lowest BCUT2D eigenvalue weighted by Crippen LogP contribution is -2.34. The molecule has 0 fully saturated rings. The van der Waals surface area contributed by atoms with Crippen molar-refractivity contribution in [3.8, 4) is 0 Å². The van der Waals surface area contributed by atoms with Gasteiger partial charge in [0.15, 0.2) is 5.13 Å². The Kier molecular flexibility index (Phi) is 5.53. The summed E-state index contributed by atoms with van der Waals surface area (Å²) in [6.07, 6.45) is 3.45. The number of ether oxygens (including phenoxy) is 1. The van der Waals surface area contributed by atoms with Gasteiger partial charge in [0.05, 0.1) is 23.9 Å². The lowest BCUT2D eigenvalue weighted by Gasteiger charge is -2.20. The van der Waals surface area contributed by atoms with Crippen LogP contribution >= 0.6 is 11.3 Å². The first-order valence-electron chi connectivity index (χ1n) is 9.09. The fraction of sp³-hybridized carbons (Fsp3) is 0.143. The van der Waals surface area contributed by atoms with E-state index in [-0.39, 0.29) is 11.4 Å². The number of anilines is 1. The van der Waals surface area contributed by atoms with Crippen LogP contribution in [0.5, 0.6) is 0 Å². The monoisotopic (exact) mass is 424 g/mol. The molecule has 2 aromatic heterocycles. The van der Waals surface area contributed by atoms with E-state index in [9.17, 15) is 14.0 Å². The second-order valence-electron chi connectivity index (χ2n) is 6.38. The molecule has 0 aliphatic rings. The molecule has 1 amide bonds. The summed E-state index contributed by atoms with van der Waals surface area (Å²) in [6, 6.07) is 12.7. The SMILES string of the molecule is COC(=O)c1ccc(C(=O)N(CCn2cccn2)c2nc3c(F)cccc3s2)cc1. The van der Waals surface area contributed by atoms with Gasteiger partial charge in [0, 0.05) is 24.5 Å². The summed E-state index contributed by atoms with van der Waals surface area (Å²) >= 11 is 1.24. The van der Waals surface area contributed by atoms with Gasteiger partial charge >= 0.3 is 5.97 Å². The zero-order chi connectivity index (χ0) is 21.1. The fourth-order valence-electron chi connectivity index (χ4n) is 2.96. The molecule has 152 valence electrons. The minimum absolute atomic E-state index is 0.232. The van der Waals surface area contributed by atoms with Gasteiger partial charge in [0.25, 0.3) is 5.91 Å². The first kappa shape index (κ1) is 19.7. The molecule has 0 radical (unpaired) electrons. The van der Waals surface area contributed by atoms with Crippen LogP contribution in [0.2, 0.25) is 0 Å². The van der Waals surface area contributed by atoms with Gasteiger partial charge in [-0.05, 0) is 42.5 Å². The normalized spacial score (nSPS) is 10.9. The van der Waals surface area contributed by atoms with Crippen LogP contribution in [0.25, 0.3) is 10.2 Å². The lowest BCUT2D eigenvalue weighted by atomic mass is 10.1. The molecule has 0 bridgehead atoms. The molecule has 2 heterocycles. The van der Waals surface area contributed by atoms with Crippen molar-refractivity contribution in [2.45, 2.75) is 6.54 Å². The number of carbonyl (C=O) groups excluding carboxylic acids is 2. The van der Waals surface area contributed by atoms with Gasteiger partial charge < -0.3 is 4.74 Å². The second-order valence-corrected chi connectivity index (χ2v) is 7.39. The van der Waals surface area contributed by atoms with Crippen molar-refractivity contribution in [1.82, 2.24) is 14.8 Å². The van der Waals surface area contributed by atoms with E-state index in [1.165, 1.54) is 41.5 Å². The average Bonchev–Trinajstić information content (AvgIpc) is 3.44. The highest BCUT2D eigenvalue weighted by atomic mass is 32.1. The van der Waals surface area contributed by atoms with Crippen molar-refractivity contribution < 1.29 is 18.7 Å². The summed E-state index contributed by atoms with van der Waals surface area (Å²) in [7, 11) is 1.30. The molecule has 4 rings (SSSR count). The topological polar surface area (TPSA) is 77.3 Å². The molecule has 2 aromatic carbocycles. The van der Waals surface area contributed by atoms with E-state index in [0.29, 0.717) is 34.0 Å². The quantitative estimate of drug-likeness (QED) is 0.441. The van der Waals surface area contributed by atoms with Crippen LogP contribution in [0, 0.1) is 5.82 Å². The molecule has 0 unspecified atom stereocenters. The minimum atomic E-state index is -0.480. The van der Waals surface area contributed by atoms with Crippen LogP contribution in [0.1, 0.15) is 20.7 Å². The highest BCUT2D eigenvalue weighted by molar-refractivity contribution is 7.22. The van der Waals surface area contributed by atoms with E-state index in [2.05, 4.69) is 10.1 Å². The van der Waals surface area contributed by atoms with Gasteiger partial charge in [-0.25, -0.2) is 14.2 Å². The van der Waals surface area contributed by atoms with E-state index >= 15 is 0 Å². The Morgan fingerprint density at radius 1 is 1.13 bits per heavy atom. The number of hydrogen-bond acceptors (Lipinski definition) is 6. The van der Waals surface area contributed by atoms with Crippen LogP contribution in [0.3, 0.4) is 0 Å². The smallest absolute Gasteiger partial charge is 0.337 e. The van der Waals surface area contributed by atoms with Crippen LogP contribution in [-0.4, -0.2) is 40.3 Å². The number of amides is 1. The maximum Gasteiger partial charge on any atom is 0.337 e. The van der Waals surface area contributed by atoms with Gasteiger partial charge in [-0.2, -0.15) is 5.10 Å². The van der Waals surface area contributed by atoms with E-state index in [1.807, 2.05) is 0 Å². The van der Waals surface area contributed by atoms with E-state index < -0.39 is 11.8 Å². The highest BCUT2D eigenvalue weighted by Gasteiger charge is 2.22. The molecule has 4 aromatic rings. The molecule has 0 saturated carbocycles. The van der Waals surface area contributed by atoms with Crippen molar-refractivity contribution in [2.75, 3.05) is 18.6 Å². The Balaban J connectivity index is 1.67. The van der Waals surface area contributed by atoms with Crippen molar-refractivity contribution in [3.63, 3.8) is 0 Å². The van der Waals surface area contributed by atoms with Gasteiger partial charge in [-0.3, -0.25) is 14.4 Å². The standard InChI is InChI=1S/C21H17FN4O3S/c1-29-20(28)15-8-6-14(7-9-15)19(27)26(13-12-25-11-3-10-23-25)21-24-18-16(22)4-2-5-17(18)30-21/h2-11H,12-13H2,1H3. The molecule has 0 atom stereocenters. The third kappa shape index (κ3) is 3.92. The predicted octanol–water partition coefficient (Wildman–Crippen LogP) is 3.77. The number of esters is 1.